The standard InChI is InChI=1S/C18H28O5/c1-12-6-7-18(22-8-9-23-18)17(3,4)14(12)11-15(19)13(2)10-16(20)21-5/h10,15,19H,6-9,11H2,1-5H3/b13-10+. The van der Waals surface area contributed by atoms with Crippen LogP contribution in [0.1, 0.15) is 47.0 Å². The highest BCUT2D eigenvalue weighted by Crippen LogP contribution is 2.53. The maximum atomic E-state index is 11.4. The third-order valence-corrected chi connectivity index (χ3v) is 5.27. The lowest BCUT2D eigenvalue weighted by molar-refractivity contribution is -0.225. The zero-order valence-electron chi connectivity index (χ0n) is 14.8. The summed E-state index contributed by atoms with van der Waals surface area (Å²) in [6.45, 7) is 9.29. The number of carbonyl (C=O) groups is 1. The first-order valence-electron chi connectivity index (χ1n) is 8.15. The van der Waals surface area contributed by atoms with E-state index in [0.29, 0.717) is 25.2 Å². The van der Waals surface area contributed by atoms with E-state index in [2.05, 4.69) is 25.5 Å². The first kappa shape index (κ1) is 18.2. The number of hydrogen-bond acceptors (Lipinski definition) is 5. The Hall–Kier alpha value is -1.17. The highest BCUT2D eigenvalue weighted by molar-refractivity contribution is 5.82. The second-order valence-corrected chi connectivity index (χ2v) is 6.97. The Balaban J connectivity index is 2.23. The fourth-order valence-corrected chi connectivity index (χ4v) is 3.66. The van der Waals surface area contributed by atoms with Gasteiger partial charge in [0.05, 0.1) is 26.4 Å². The van der Waals surface area contributed by atoms with E-state index in [1.807, 2.05) is 0 Å². The lowest BCUT2D eigenvalue weighted by Gasteiger charge is -2.48. The van der Waals surface area contributed by atoms with Crippen molar-refractivity contribution in [2.45, 2.75) is 58.8 Å². The molecular formula is C18H28O5. The van der Waals surface area contributed by atoms with Crippen molar-refractivity contribution in [1.82, 2.24) is 0 Å². The molecule has 2 rings (SSSR count). The zero-order valence-corrected chi connectivity index (χ0v) is 14.8. The molecule has 0 saturated carbocycles. The predicted molar refractivity (Wildman–Crippen MR) is 86.7 cm³/mol. The SMILES string of the molecule is COC(=O)/C=C(\C)C(O)CC1=C(C)CCC2(OCCO2)C1(C)C. The third-order valence-electron chi connectivity index (χ3n) is 5.27. The van der Waals surface area contributed by atoms with Crippen molar-refractivity contribution in [3.8, 4) is 0 Å². The van der Waals surface area contributed by atoms with E-state index in [9.17, 15) is 9.90 Å². The van der Waals surface area contributed by atoms with Crippen molar-refractivity contribution in [2.75, 3.05) is 20.3 Å². The van der Waals surface area contributed by atoms with Crippen molar-refractivity contribution >= 4 is 5.97 Å². The van der Waals surface area contributed by atoms with Crippen molar-refractivity contribution in [2.24, 2.45) is 5.41 Å². The van der Waals surface area contributed by atoms with E-state index in [1.165, 1.54) is 18.8 Å². The molecule has 130 valence electrons. The van der Waals surface area contributed by atoms with Crippen LogP contribution in [0.15, 0.2) is 22.8 Å². The Kier molecular flexibility index (Phi) is 5.33. The van der Waals surface area contributed by atoms with Gasteiger partial charge in [0.15, 0.2) is 5.79 Å². The third kappa shape index (κ3) is 3.37. The molecule has 1 N–H and O–H groups in total. The van der Waals surface area contributed by atoms with Crippen LogP contribution < -0.4 is 0 Å². The summed E-state index contributed by atoms with van der Waals surface area (Å²) in [5.41, 5.74) is 2.69. The summed E-state index contributed by atoms with van der Waals surface area (Å²) in [5, 5.41) is 10.5. The zero-order chi connectivity index (χ0) is 17.3. The lowest BCUT2D eigenvalue weighted by Crippen LogP contribution is -2.50. The van der Waals surface area contributed by atoms with Crippen molar-refractivity contribution in [1.29, 1.82) is 0 Å². The first-order valence-corrected chi connectivity index (χ1v) is 8.15. The number of esters is 1. The van der Waals surface area contributed by atoms with Gasteiger partial charge in [-0.25, -0.2) is 4.79 Å². The number of rotatable bonds is 4. The second-order valence-electron chi connectivity index (χ2n) is 6.97. The molecular weight excluding hydrogens is 296 g/mol. The summed E-state index contributed by atoms with van der Waals surface area (Å²) >= 11 is 0. The van der Waals surface area contributed by atoms with Crippen LogP contribution in [0.2, 0.25) is 0 Å². The Bertz CT molecular complexity index is 524. The van der Waals surface area contributed by atoms with Crippen LogP contribution in [0.5, 0.6) is 0 Å². The van der Waals surface area contributed by atoms with E-state index in [-0.39, 0.29) is 5.41 Å². The molecule has 1 unspecified atom stereocenters. The number of aliphatic hydroxyl groups excluding tert-OH is 1. The Morgan fingerprint density at radius 2 is 2.00 bits per heavy atom. The summed E-state index contributed by atoms with van der Waals surface area (Å²) in [4.78, 5) is 11.4. The highest BCUT2D eigenvalue weighted by atomic mass is 16.7. The minimum absolute atomic E-state index is 0.321. The van der Waals surface area contributed by atoms with Gasteiger partial charge in [-0.15, -0.1) is 0 Å². The molecule has 0 aromatic rings. The van der Waals surface area contributed by atoms with E-state index in [4.69, 9.17) is 9.47 Å². The van der Waals surface area contributed by atoms with Gasteiger partial charge >= 0.3 is 5.97 Å². The second kappa shape index (κ2) is 6.75. The molecule has 1 atom stereocenters. The van der Waals surface area contributed by atoms with Crippen LogP contribution in [0.4, 0.5) is 0 Å². The molecule has 5 nitrogen and oxygen atoms in total. The Morgan fingerprint density at radius 1 is 1.39 bits per heavy atom. The summed E-state index contributed by atoms with van der Waals surface area (Å²) in [6, 6.07) is 0. The molecule has 0 bridgehead atoms. The first-order chi connectivity index (χ1) is 10.7. The predicted octanol–water partition coefficient (Wildman–Crippen LogP) is 2.74. The number of aliphatic hydroxyl groups is 1. The Morgan fingerprint density at radius 3 is 2.57 bits per heavy atom. The van der Waals surface area contributed by atoms with Crippen molar-refractivity contribution in [3.63, 3.8) is 0 Å². The van der Waals surface area contributed by atoms with Crippen LogP contribution in [-0.2, 0) is 19.0 Å². The van der Waals surface area contributed by atoms with Gasteiger partial charge in [0.2, 0.25) is 0 Å². The van der Waals surface area contributed by atoms with Crippen molar-refractivity contribution in [3.05, 3.63) is 22.8 Å². The number of allylic oxidation sites excluding steroid dienone is 1. The van der Waals surface area contributed by atoms with Crippen LogP contribution in [0.25, 0.3) is 0 Å². The maximum Gasteiger partial charge on any atom is 0.330 e. The molecule has 1 aliphatic heterocycles. The van der Waals surface area contributed by atoms with Gasteiger partial charge in [-0.3, -0.25) is 0 Å². The molecule has 1 fully saturated rings. The minimum atomic E-state index is -0.727. The Labute approximate surface area is 138 Å². The van der Waals surface area contributed by atoms with Crippen LogP contribution in [0, 0.1) is 5.41 Å². The highest BCUT2D eigenvalue weighted by Gasteiger charge is 2.54. The molecule has 0 aromatic carbocycles. The molecule has 0 radical (unpaired) electrons. The molecule has 2 aliphatic rings. The fourth-order valence-electron chi connectivity index (χ4n) is 3.66. The van der Waals surface area contributed by atoms with Gasteiger partial charge < -0.3 is 19.3 Å². The molecule has 1 spiro atoms. The number of methoxy groups -OCH3 is 1. The average molecular weight is 324 g/mol. The van der Waals surface area contributed by atoms with Gasteiger partial charge in [0, 0.05) is 17.9 Å². The maximum absolute atomic E-state index is 11.4. The lowest BCUT2D eigenvalue weighted by atomic mass is 9.66. The summed E-state index contributed by atoms with van der Waals surface area (Å²) in [7, 11) is 1.33. The van der Waals surface area contributed by atoms with Gasteiger partial charge in [-0.05, 0) is 32.3 Å². The molecule has 5 heteroatoms. The number of ether oxygens (including phenoxy) is 3. The number of hydrogen-bond donors (Lipinski definition) is 1. The van der Waals surface area contributed by atoms with Gasteiger partial charge in [0.25, 0.3) is 0 Å². The molecule has 0 aromatic heterocycles. The van der Waals surface area contributed by atoms with E-state index < -0.39 is 17.9 Å². The van der Waals surface area contributed by atoms with Gasteiger partial charge in [0.1, 0.15) is 0 Å². The van der Waals surface area contributed by atoms with Crippen LogP contribution >= 0.6 is 0 Å². The van der Waals surface area contributed by atoms with Gasteiger partial charge in [-0.2, -0.15) is 0 Å². The van der Waals surface area contributed by atoms with E-state index in [0.717, 1.165) is 18.4 Å². The smallest absolute Gasteiger partial charge is 0.330 e. The topological polar surface area (TPSA) is 65.0 Å². The molecule has 1 saturated heterocycles. The van der Waals surface area contributed by atoms with E-state index >= 15 is 0 Å². The summed E-state index contributed by atoms with van der Waals surface area (Å²) in [5.74, 6) is -1.05. The monoisotopic (exact) mass is 324 g/mol. The molecule has 0 amide bonds. The molecule has 1 aliphatic carbocycles. The largest absolute Gasteiger partial charge is 0.466 e. The van der Waals surface area contributed by atoms with Crippen LogP contribution in [0.3, 0.4) is 0 Å². The average Bonchev–Trinajstić information content (AvgIpc) is 2.98. The fraction of sp³-hybridized carbons (Fsp3) is 0.722. The summed E-state index contributed by atoms with van der Waals surface area (Å²) < 4.78 is 16.6. The van der Waals surface area contributed by atoms with E-state index in [1.54, 1.807) is 6.92 Å². The molecule has 23 heavy (non-hydrogen) atoms. The summed E-state index contributed by atoms with van der Waals surface area (Å²) in [6.07, 6.45) is 2.81. The minimum Gasteiger partial charge on any atom is -0.466 e. The normalized spacial score (nSPS) is 24.9. The molecule has 1 heterocycles. The van der Waals surface area contributed by atoms with Gasteiger partial charge in [-0.1, -0.05) is 25.0 Å². The van der Waals surface area contributed by atoms with Crippen molar-refractivity contribution < 1.29 is 24.1 Å². The van der Waals surface area contributed by atoms with Crippen LogP contribution in [-0.4, -0.2) is 43.3 Å². The quantitative estimate of drug-likeness (QED) is 0.489. The number of carbonyl (C=O) groups excluding carboxylic acids is 1.